The van der Waals surface area contributed by atoms with Gasteiger partial charge in [-0.3, -0.25) is 9.59 Å². The molecule has 2 aromatic carbocycles. The lowest BCUT2D eigenvalue weighted by molar-refractivity contribution is 0.0795. The number of rotatable bonds is 3. The van der Waals surface area contributed by atoms with E-state index in [-0.39, 0.29) is 12.4 Å². The molecular weight excluding hydrogens is 332 g/mol. The highest BCUT2D eigenvalue weighted by Gasteiger charge is 2.32. The molecule has 0 aliphatic carbocycles. The first-order chi connectivity index (χ1) is 12.6. The Morgan fingerprint density at radius 3 is 2.65 bits per heavy atom. The highest BCUT2D eigenvalue weighted by Crippen LogP contribution is 2.27. The van der Waals surface area contributed by atoms with E-state index in [4.69, 9.17) is 9.26 Å². The third-order valence-electron chi connectivity index (χ3n) is 4.31. The number of aromatic nitrogens is 1. The van der Waals surface area contributed by atoms with Gasteiger partial charge in [-0.05, 0) is 19.1 Å². The normalized spacial score (nSPS) is 15.9. The fourth-order valence-electron chi connectivity index (χ4n) is 2.99. The molecule has 0 saturated heterocycles. The molecular formula is C20H16N2O4. The Hall–Kier alpha value is -3.41. The van der Waals surface area contributed by atoms with Crippen LogP contribution in [0.3, 0.4) is 0 Å². The lowest BCUT2D eigenvalue weighted by Gasteiger charge is -2.24. The third-order valence-corrected chi connectivity index (χ3v) is 4.31. The van der Waals surface area contributed by atoms with Gasteiger partial charge in [0, 0.05) is 5.56 Å². The molecule has 1 atom stereocenters. The molecule has 1 aliphatic rings. The number of aryl methyl sites for hydroxylation is 1. The molecule has 1 N–H and O–H groups in total. The Morgan fingerprint density at radius 1 is 1.12 bits per heavy atom. The van der Waals surface area contributed by atoms with Gasteiger partial charge in [0.2, 0.25) is 0 Å². The number of carbonyl (C=O) groups is 2. The van der Waals surface area contributed by atoms with Crippen LogP contribution in [-0.2, 0) is 0 Å². The zero-order valence-corrected chi connectivity index (χ0v) is 14.1. The van der Waals surface area contributed by atoms with Crippen molar-refractivity contribution in [1.82, 2.24) is 10.5 Å². The van der Waals surface area contributed by atoms with Gasteiger partial charge in [-0.1, -0.05) is 47.6 Å². The first-order valence-electron chi connectivity index (χ1n) is 8.23. The molecule has 3 aromatic rings. The minimum Gasteiger partial charge on any atom is -0.490 e. The van der Waals surface area contributed by atoms with Crippen LogP contribution in [0.1, 0.15) is 26.4 Å². The maximum atomic E-state index is 12.8. The van der Waals surface area contributed by atoms with Crippen LogP contribution < -0.4 is 10.1 Å². The van der Waals surface area contributed by atoms with Gasteiger partial charge in [-0.25, -0.2) is 0 Å². The standard InChI is InChI=1S/C20H16N2O4/c1-12-17(19(26-22-12)13-7-3-2-4-8-13)20(24)21-15-11-25-16-10-6-5-9-14(16)18(15)23/h2-10,15H,11H2,1H3,(H,21,24)/t15-/m1/s1. The van der Waals surface area contributed by atoms with E-state index in [1.54, 1.807) is 31.2 Å². The number of hydrogen-bond acceptors (Lipinski definition) is 5. The predicted molar refractivity (Wildman–Crippen MR) is 94.2 cm³/mol. The third kappa shape index (κ3) is 2.75. The fourth-order valence-corrected chi connectivity index (χ4v) is 2.99. The van der Waals surface area contributed by atoms with Gasteiger partial charge in [0.1, 0.15) is 24.0 Å². The number of nitrogens with one attached hydrogen (secondary N) is 1. The summed E-state index contributed by atoms with van der Waals surface area (Å²) in [6, 6.07) is 15.5. The number of ether oxygens (including phenoxy) is 1. The Bertz CT molecular complexity index is 978. The Balaban J connectivity index is 1.61. The molecule has 1 aromatic heterocycles. The van der Waals surface area contributed by atoms with Crippen LogP contribution in [0, 0.1) is 6.92 Å². The average Bonchev–Trinajstić information content (AvgIpc) is 3.06. The molecule has 1 amide bonds. The number of carbonyl (C=O) groups excluding carboxylic acids is 2. The van der Waals surface area contributed by atoms with Gasteiger partial charge >= 0.3 is 0 Å². The van der Waals surface area contributed by atoms with Crippen LogP contribution in [0.25, 0.3) is 11.3 Å². The molecule has 4 rings (SSSR count). The molecule has 0 bridgehead atoms. The molecule has 0 radical (unpaired) electrons. The molecule has 1 aliphatic heterocycles. The zero-order valence-electron chi connectivity index (χ0n) is 14.1. The van der Waals surface area contributed by atoms with E-state index in [9.17, 15) is 9.59 Å². The maximum Gasteiger partial charge on any atom is 0.257 e. The fraction of sp³-hybridized carbons (Fsp3) is 0.150. The number of para-hydroxylation sites is 1. The van der Waals surface area contributed by atoms with Crippen LogP contribution in [0.5, 0.6) is 5.75 Å². The highest BCUT2D eigenvalue weighted by molar-refractivity contribution is 6.08. The molecule has 26 heavy (non-hydrogen) atoms. The van der Waals surface area contributed by atoms with Crippen molar-refractivity contribution in [2.45, 2.75) is 13.0 Å². The predicted octanol–water partition coefficient (Wildman–Crippen LogP) is 3.02. The van der Waals surface area contributed by atoms with Crippen LogP contribution in [-0.4, -0.2) is 29.5 Å². The van der Waals surface area contributed by atoms with Crippen molar-refractivity contribution in [3.8, 4) is 17.1 Å². The molecule has 0 saturated carbocycles. The maximum absolute atomic E-state index is 12.8. The Morgan fingerprint density at radius 2 is 1.85 bits per heavy atom. The van der Waals surface area contributed by atoms with E-state index < -0.39 is 11.9 Å². The molecule has 6 nitrogen and oxygen atoms in total. The van der Waals surface area contributed by atoms with Crippen molar-refractivity contribution in [1.29, 1.82) is 0 Å². The second-order valence-electron chi connectivity index (χ2n) is 6.04. The van der Waals surface area contributed by atoms with Crippen molar-refractivity contribution in [2.75, 3.05) is 6.61 Å². The van der Waals surface area contributed by atoms with Crippen molar-refractivity contribution >= 4 is 11.7 Å². The number of benzene rings is 2. The topological polar surface area (TPSA) is 81.4 Å². The second kappa shape index (κ2) is 6.48. The molecule has 6 heteroatoms. The van der Waals surface area contributed by atoms with E-state index in [1.165, 1.54) is 0 Å². The average molecular weight is 348 g/mol. The summed E-state index contributed by atoms with van der Waals surface area (Å²) in [5.41, 5.74) is 2.00. The first-order valence-corrected chi connectivity index (χ1v) is 8.23. The van der Waals surface area contributed by atoms with E-state index in [0.717, 1.165) is 5.56 Å². The minimum absolute atomic E-state index is 0.0899. The summed E-state index contributed by atoms with van der Waals surface area (Å²) in [7, 11) is 0. The first kappa shape index (κ1) is 16.1. The lowest BCUT2D eigenvalue weighted by atomic mass is 10.00. The summed E-state index contributed by atoms with van der Waals surface area (Å²) >= 11 is 0. The quantitative estimate of drug-likeness (QED) is 0.787. The smallest absolute Gasteiger partial charge is 0.257 e. The van der Waals surface area contributed by atoms with Crippen LogP contribution in [0.15, 0.2) is 59.1 Å². The molecule has 130 valence electrons. The van der Waals surface area contributed by atoms with E-state index in [1.807, 2.05) is 30.3 Å². The number of Topliss-reactive ketones (excluding diaryl/α,β-unsaturated/α-hetero) is 1. The minimum atomic E-state index is -0.754. The summed E-state index contributed by atoms with van der Waals surface area (Å²) < 4.78 is 10.9. The Labute approximate surface area is 149 Å². The van der Waals surface area contributed by atoms with Crippen molar-refractivity contribution in [2.24, 2.45) is 0 Å². The largest absolute Gasteiger partial charge is 0.490 e. The van der Waals surface area contributed by atoms with Crippen molar-refractivity contribution in [3.05, 3.63) is 71.4 Å². The second-order valence-corrected chi connectivity index (χ2v) is 6.04. The molecule has 0 unspecified atom stereocenters. The molecule has 0 spiro atoms. The molecule has 2 heterocycles. The summed E-state index contributed by atoms with van der Waals surface area (Å²) in [4.78, 5) is 25.5. The Kier molecular flexibility index (Phi) is 4.01. The number of hydrogen-bond donors (Lipinski definition) is 1. The van der Waals surface area contributed by atoms with Crippen LogP contribution in [0.4, 0.5) is 0 Å². The number of ketones is 1. The van der Waals surface area contributed by atoms with Gasteiger partial charge in [0.05, 0.1) is 11.3 Å². The van der Waals surface area contributed by atoms with Crippen molar-refractivity contribution < 1.29 is 18.8 Å². The van der Waals surface area contributed by atoms with Crippen LogP contribution in [0.2, 0.25) is 0 Å². The van der Waals surface area contributed by atoms with E-state index in [2.05, 4.69) is 10.5 Å². The van der Waals surface area contributed by atoms with Gasteiger partial charge in [-0.15, -0.1) is 0 Å². The monoisotopic (exact) mass is 348 g/mol. The van der Waals surface area contributed by atoms with Gasteiger partial charge in [-0.2, -0.15) is 0 Å². The van der Waals surface area contributed by atoms with Gasteiger partial charge < -0.3 is 14.6 Å². The van der Waals surface area contributed by atoms with Crippen molar-refractivity contribution in [3.63, 3.8) is 0 Å². The SMILES string of the molecule is Cc1noc(-c2ccccc2)c1C(=O)N[C@@H]1COc2ccccc2C1=O. The summed E-state index contributed by atoms with van der Waals surface area (Å²) in [5.74, 6) is 0.332. The number of nitrogens with zero attached hydrogens (tertiary/aromatic N) is 1. The highest BCUT2D eigenvalue weighted by atomic mass is 16.5. The van der Waals surface area contributed by atoms with Gasteiger partial charge in [0.15, 0.2) is 11.5 Å². The zero-order chi connectivity index (χ0) is 18.1. The summed E-state index contributed by atoms with van der Waals surface area (Å²) in [5, 5.41) is 6.66. The number of fused-ring (bicyclic) bond motifs is 1. The summed E-state index contributed by atoms with van der Waals surface area (Å²) in [6.07, 6.45) is 0. The summed E-state index contributed by atoms with van der Waals surface area (Å²) in [6.45, 7) is 1.78. The van der Waals surface area contributed by atoms with E-state index >= 15 is 0 Å². The molecule has 0 fully saturated rings. The van der Waals surface area contributed by atoms with Crippen LogP contribution >= 0.6 is 0 Å². The van der Waals surface area contributed by atoms with E-state index in [0.29, 0.717) is 28.3 Å². The number of amides is 1. The van der Waals surface area contributed by atoms with Gasteiger partial charge in [0.25, 0.3) is 5.91 Å². The lowest BCUT2D eigenvalue weighted by Crippen LogP contribution is -2.47.